The number of carbonyl (C=O) groups is 1. The van der Waals surface area contributed by atoms with Crippen molar-refractivity contribution in [3.63, 3.8) is 0 Å². The van der Waals surface area contributed by atoms with Crippen LogP contribution in [0.4, 0.5) is 0 Å². The van der Waals surface area contributed by atoms with Crippen LogP contribution in [0, 0.1) is 0 Å². The molecule has 6 heteroatoms. The van der Waals surface area contributed by atoms with Crippen molar-refractivity contribution in [2.75, 3.05) is 39.3 Å². The van der Waals surface area contributed by atoms with Gasteiger partial charge in [-0.2, -0.15) is 0 Å². The molecule has 0 bridgehead atoms. The van der Waals surface area contributed by atoms with Crippen LogP contribution in [0.5, 0.6) is 0 Å². The van der Waals surface area contributed by atoms with E-state index in [4.69, 9.17) is 0 Å². The van der Waals surface area contributed by atoms with Gasteiger partial charge >= 0.3 is 0 Å². The molecule has 1 amide bonds. The Morgan fingerprint density at radius 1 is 1.26 bits per heavy atom. The van der Waals surface area contributed by atoms with Crippen LogP contribution in [-0.2, 0) is 17.9 Å². The molecule has 0 aliphatic carbocycles. The predicted molar refractivity (Wildman–Crippen MR) is 71.6 cm³/mol. The molecule has 0 saturated carbocycles. The largest absolute Gasteiger partial charge is 0.340 e. The molecule has 1 saturated heterocycles. The number of carbonyl (C=O) groups excluding carboxylic acids is 1. The average molecular weight is 263 g/mol. The predicted octanol–water partition coefficient (Wildman–Crippen LogP) is -0.479. The highest BCUT2D eigenvalue weighted by Gasteiger charge is 2.20. The van der Waals surface area contributed by atoms with Crippen molar-refractivity contribution in [1.82, 2.24) is 24.7 Å². The number of nitrogens with one attached hydrogen (secondary N) is 1. The smallest absolute Gasteiger partial charge is 0.223 e. The zero-order chi connectivity index (χ0) is 13.1. The molecule has 0 spiro atoms. The summed E-state index contributed by atoms with van der Waals surface area (Å²) >= 11 is 0. The van der Waals surface area contributed by atoms with E-state index in [-0.39, 0.29) is 5.91 Å². The normalized spacial score (nSPS) is 20.3. The standard InChI is InChI=1S/C13H21N5O/c19-13(18-6-2-14-3-7-18)1-5-16-9-10-17-8-4-15-12(17)11-16/h4,8,14H,1-3,5-7,9-11H2. The number of hydrogen-bond acceptors (Lipinski definition) is 4. The lowest BCUT2D eigenvalue weighted by atomic mass is 10.2. The van der Waals surface area contributed by atoms with E-state index in [1.54, 1.807) is 0 Å². The van der Waals surface area contributed by atoms with Crippen LogP contribution in [0.25, 0.3) is 0 Å². The first-order valence-electron chi connectivity index (χ1n) is 7.04. The minimum Gasteiger partial charge on any atom is -0.340 e. The Labute approximate surface area is 113 Å². The van der Waals surface area contributed by atoms with Gasteiger partial charge in [0.05, 0.1) is 6.54 Å². The second kappa shape index (κ2) is 5.71. The van der Waals surface area contributed by atoms with Crippen molar-refractivity contribution in [2.45, 2.75) is 19.5 Å². The van der Waals surface area contributed by atoms with Crippen LogP contribution >= 0.6 is 0 Å². The summed E-state index contributed by atoms with van der Waals surface area (Å²) < 4.78 is 2.19. The van der Waals surface area contributed by atoms with Gasteiger partial charge in [0.15, 0.2) is 0 Å². The quantitative estimate of drug-likeness (QED) is 0.800. The van der Waals surface area contributed by atoms with Crippen molar-refractivity contribution >= 4 is 5.91 Å². The first-order valence-corrected chi connectivity index (χ1v) is 7.04. The summed E-state index contributed by atoms with van der Waals surface area (Å²) in [5.74, 6) is 1.40. The van der Waals surface area contributed by atoms with Crippen LogP contribution in [0.15, 0.2) is 12.4 Å². The van der Waals surface area contributed by atoms with Crippen LogP contribution in [0.3, 0.4) is 0 Å². The van der Waals surface area contributed by atoms with Crippen molar-refractivity contribution in [2.24, 2.45) is 0 Å². The summed E-state index contributed by atoms with van der Waals surface area (Å²) in [6, 6.07) is 0. The van der Waals surface area contributed by atoms with Crippen molar-refractivity contribution in [3.05, 3.63) is 18.2 Å². The molecular formula is C13H21N5O. The van der Waals surface area contributed by atoms with Crippen molar-refractivity contribution in [1.29, 1.82) is 0 Å². The molecule has 3 heterocycles. The van der Waals surface area contributed by atoms with Crippen molar-refractivity contribution < 1.29 is 4.79 Å². The second-order valence-corrected chi connectivity index (χ2v) is 5.19. The number of amides is 1. The molecule has 1 fully saturated rings. The highest BCUT2D eigenvalue weighted by atomic mass is 16.2. The first-order chi connectivity index (χ1) is 9.33. The number of fused-ring (bicyclic) bond motifs is 1. The minimum atomic E-state index is 0.287. The lowest BCUT2D eigenvalue weighted by molar-refractivity contribution is -0.132. The molecule has 1 aromatic heterocycles. The summed E-state index contributed by atoms with van der Waals surface area (Å²) in [4.78, 5) is 20.7. The Morgan fingerprint density at radius 2 is 2.11 bits per heavy atom. The molecule has 2 aliphatic rings. The highest BCUT2D eigenvalue weighted by molar-refractivity contribution is 5.76. The van der Waals surface area contributed by atoms with Crippen LogP contribution in [0.2, 0.25) is 0 Å². The molecular weight excluding hydrogens is 242 g/mol. The lowest BCUT2D eigenvalue weighted by Crippen LogP contribution is -2.47. The van der Waals surface area contributed by atoms with E-state index in [0.29, 0.717) is 6.42 Å². The summed E-state index contributed by atoms with van der Waals surface area (Å²) in [5.41, 5.74) is 0. The fraction of sp³-hybridized carbons (Fsp3) is 0.692. The van der Waals surface area contributed by atoms with Gasteiger partial charge in [0, 0.05) is 64.6 Å². The monoisotopic (exact) mass is 263 g/mol. The van der Waals surface area contributed by atoms with Gasteiger partial charge in [0.25, 0.3) is 0 Å². The summed E-state index contributed by atoms with van der Waals surface area (Å²) in [6.07, 6.45) is 4.50. The van der Waals surface area contributed by atoms with Gasteiger partial charge < -0.3 is 14.8 Å². The lowest BCUT2D eigenvalue weighted by Gasteiger charge is -2.30. The number of nitrogens with zero attached hydrogens (tertiary/aromatic N) is 4. The highest BCUT2D eigenvalue weighted by Crippen LogP contribution is 2.10. The third-order valence-electron chi connectivity index (χ3n) is 3.94. The third kappa shape index (κ3) is 2.96. The van der Waals surface area contributed by atoms with Gasteiger partial charge in [-0.15, -0.1) is 0 Å². The maximum Gasteiger partial charge on any atom is 0.223 e. The number of imidazole rings is 1. The Kier molecular flexibility index (Phi) is 3.79. The van der Waals surface area contributed by atoms with E-state index in [1.807, 2.05) is 17.3 Å². The molecule has 0 radical (unpaired) electrons. The fourth-order valence-corrected chi connectivity index (χ4v) is 2.74. The Balaban J connectivity index is 1.46. The SMILES string of the molecule is O=C(CCN1CCn2ccnc2C1)N1CCNCC1. The van der Waals surface area contributed by atoms with Crippen LogP contribution in [-0.4, -0.2) is 64.5 Å². The minimum absolute atomic E-state index is 0.287. The summed E-state index contributed by atoms with van der Waals surface area (Å²) in [5, 5.41) is 3.27. The Bertz CT molecular complexity index is 438. The molecule has 0 aromatic carbocycles. The third-order valence-corrected chi connectivity index (χ3v) is 3.94. The van der Waals surface area contributed by atoms with E-state index in [0.717, 1.165) is 58.2 Å². The molecule has 1 N–H and O–H groups in total. The summed E-state index contributed by atoms with van der Waals surface area (Å²) in [7, 11) is 0. The van der Waals surface area contributed by atoms with E-state index >= 15 is 0 Å². The zero-order valence-corrected chi connectivity index (χ0v) is 11.2. The van der Waals surface area contributed by atoms with Gasteiger partial charge in [-0.1, -0.05) is 0 Å². The number of rotatable bonds is 3. The second-order valence-electron chi connectivity index (χ2n) is 5.19. The van der Waals surface area contributed by atoms with Gasteiger partial charge in [-0.3, -0.25) is 9.69 Å². The van der Waals surface area contributed by atoms with E-state index in [1.165, 1.54) is 0 Å². The van der Waals surface area contributed by atoms with Crippen LogP contribution < -0.4 is 5.32 Å². The first kappa shape index (κ1) is 12.6. The van der Waals surface area contributed by atoms with E-state index in [2.05, 4.69) is 19.8 Å². The Hall–Kier alpha value is -1.40. The molecule has 19 heavy (non-hydrogen) atoms. The maximum atomic E-state index is 12.1. The maximum absolute atomic E-state index is 12.1. The molecule has 0 unspecified atom stereocenters. The van der Waals surface area contributed by atoms with E-state index < -0.39 is 0 Å². The number of piperazine rings is 1. The molecule has 104 valence electrons. The zero-order valence-electron chi connectivity index (χ0n) is 11.2. The number of hydrogen-bond donors (Lipinski definition) is 1. The van der Waals surface area contributed by atoms with Gasteiger partial charge in [0.2, 0.25) is 5.91 Å². The molecule has 0 atom stereocenters. The average Bonchev–Trinajstić information content (AvgIpc) is 2.93. The van der Waals surface area contributed by atoms with Gasteiger partial charge in [-0.25, -0.2) is 4.98 Å². The summed E-state index contributed by atoms with van der Waals surface area (Å²) in [6.45, 7) is 7.25. The van der Waals surface area contributed by atoms with E-state index in [9.17, 15) is 4.79 Å². The number of aromatic nitrogens is 2. The van der Waals surface area contributed by atoms with Gasteiger partial charge in [0.1, 0.15) is 5.82 Å². The topological polar surface area (TPSA) is 53.4 Å². The molecule has 6 nitrogen and oxygen atoms in total. The Morgan fingerprint density at radius 3 is 2.95 bits per heavy atom. The molecule has 2 aliphatic heterocycles. The van der Waals surface area contributed by atoms with Crippen LogP contribution in [0.1, 0.15) is 12.2 Å². The fourth-order valence-electron chi connectivity index (χ4n) is 2.74. The molecule has 3 rings (SSSR count). The molecule has 1 aromatic rings. The van der Waals surface area contributed by atoms with Gasteiger partial charge in [-0.05, 0) is 0 Å². The van der Waals surface area contributed by atoms with Crippen molar-refractivity contribution in [3.8, 4) is 0 Å².